The van der Waals surface area contributed by atoms with E-state index in [1.807, 2.05) is 34.2 Å². The van der Waals surface area contributed by atoms with Gasteiger partial charge in [0.1, 0.15) is 18.3 Å². The molecule has 246 valence electrons. The summed E-state index contributed by atoms with van der Waals surface area (Å²) in [7, 11) is 0. The smallest absolute Gasteiger partial charge is 0.430 e. The maximum Gasteiger partial charge on any atom is 0.514 e. The van der Waals surface area contributed by atoms with Crippen molar-refractivity contribution in [3.63, 3.8) is 0 Å². The topological polar surface area (TPSA) is 112 Å². The van der Waals surface area contributed by atoms with E-state index in [4.69, 9.17) is 23.7 Å². The number of aromatic nitrogens is 1. The molecule has 8 rings (SSSR count). The highest BCUT2D eigenvalue weighted by Crippen LogP contribution is 2.48. The first-order valence-electron chi connectivity index (χ1n) is 15.7. The minimum absolute atomic E-state index is 0.0905. The maximum absolute atomic E-state index is 16.1. The number of halogens is 2. The van der Waals surface area contributed by atoms with Crippen LogP contribution < -0.4 is 20.1 Å². The summed E-state index contributed by atoms with van der Waals surface area (Å²) in [6.07, 6.45) is 0.103. The standard InChI is InChI=1S/C33H32F2N4O8/c34-22-6-5-21-27(28(22)35)24-17-44-15-11-36(24)23-4-2-1-3-20(23)29(21)39-26-18-45-16-12-37(26)32(41)30-31(25(40)7-10-38(30)39)47-33(42)46-19-8-13-43-14-9-19/h1-7,10,19,24,26,29H,8-9,11-18H2/t24?,26-,29-/m1/s1. The second-order valence-electron chi connectivity index (χ2n) is 12.0. The van der Waals surface area contributed by atoms with Crippen molar-refractivity contribution < 1.29 is 42.1 Å². The highest BCUT2D eigenvalue weighted by molar-refractivity contribution is 5.97. The van der Waals surface area contributed by atoms with Gasteiger partial charge in [0.25, 0.3) is 5.91 Å². The molecule has 5 aliphatic rings. The Kier molecular flexibility index (Phi) is 7.57. The van der Waals surface area contributed by atoms with E-state index in [2.05, 4.69) is 0 Å². The molecule has 2 aromatic carbocycles. The molecule has 3 saturated heterocycles. The molecular formula is C33H32F2N4O8. The largest absolute Gasteiger partial charge is 0.514 e. The fourth-order valence-corrected chi connectivity index (χ4v) is 7.38. The SMILES string of the molecule is O=C(Oc1c2n(ccc1=O)N([C@@H]1c3ccccc3N3CCOCC3c3c1ccc(F)c3F)[C@@H]1COCCN1C2=O)OC1CCOCC1. The second kappa shape index (κ2) is 11.9. The van der Waals surface area contributed by atoms with Gasteiger partial charge < -0.3 is 33.5 Å². The number of amides is 1. The van der Waals surface area contributed by atoms with Crippen LogP contribution in [0.1, 0.15) is 52.1 Å². The molecule has 5 aliphatic heterocycles. The van der Waals surface area contributed by atoms with E-state index in [0.717, 1.165) is 17.3 Å². The lowest BCUT2D eigenvalue weighted by atomic mass is 9.91. The first kappa shape index (κ1) is 29.8. The van der Waals surface area contributed by atoms with Gasteiger partial charge in [0.05, 0.1) is 45.7 Å². The molecule has 0 radical (unpaired) electrons. The Morgan fingerprint density at radius 3 is 2.45 bits per heavy atom. The van der Waals surface area contributed by atoms with Crippen molar-refractivity contribution in [2.24, 2.45) is 0 Å². The van der Waals surface area contributed by atoms with Gasteiger partial charge in [0.15, 0.2) is 17.3 Å². The summed E-state index contributed by atoms with van der Waals surface area (Å²) < 4.78 is 60.5. The summed E-state index contributed by atoms with van der Waals surface area (Å²) in [6, 6.07) is 10.0. The summed E-state index contributed by atoms with van der Waals surface area (Å²) >= 11 is 0. The summed E-state index contributed by atoms with van der Waals surface area (Å²) in [5.41, 5.74) is 1.28. The molecule has 1 unspecified atom stereocenters. The number of benzene rings is 2. The van der Waals surface area contributed by atoms with E-state index >= 15 is 8.78 Å². The van der Waals surface area contributed by atoms with Crippen LogP contribution in [0.4, 0.5) is 19.3 Å². The predicted octanol–water partition coefficient (Wildman–Crippen LogP) is 3.25. The molecule has 1 aromatic heterocycles. The second-order valence-corrected chi connectivity index (χ2v) is 12.0. The van der Waals surface area contributed by atoms with Crippen LogP contribution in [-0.2, 0) is 18.9 Å². The summed E-state index contributed by atoms with van der Waals surface area (Å²) in [6.45, 7) is 2.33. The fraction of sp³-hybridized carbons (Fsp3) is 0.424. The Morgan fingerprint density at radius 1 is 0.851 bits per heavy atom. The van der Waals surface area contributed by atoms with Crippen LogP contribution in [0.3, 0.4) is 0 Å². The van der Waals surface area contributed by atoms with Gasteiger partial charge in [0, 0.05) is 55.0 Å². The van der Waals surface area contributed by atoms with Gasteiger partial charge in [-0.25, -0.2) is 13.6 Å². The molecule has 0 bridgehead atoms. The van der Waals surface area contributed by atoms with Crippen LogP contribution in [0.2, 0.25) is 0 Å². The number of ether oxygens (including phenoxy) is 5. The average Bonchev–Trinajstić information content (AvgIpc) is 3.21. The number of hydrogen-bond donors (Lipinski definition) is 0. The van der Waals surface area contributed by atoms with Crippen molar-refractivity contribution in [3.8, 4) is 5.75 Å². The summed E-state index contributed by atoms with van der Waals surface area (Å²) in [5.74, 6) is -2.99. The summed E-state index contributed by atoms with van der Waals surface area (Å²) in [5, 5.41) is 1.82. The lowest BCUT2D eigenvalue weighted by Gasteiger charge is -2.51. The molecular weight excluding hydrogens is 618 g/mol. The molecule has 6 heterocycles. The number of carbonyl (C=O) groups excluding carboxylic acids is 2. The lowest BCUT2D eigenvalue weighted by Crippen LogP contribution is -2.66. The Morgan fingerprint density at radius 2 is 1.62 bits per heavy atom. The summed E-state index contributed by atoms with van der Waals surface area (Å²) in [4.78, 5) is 44.1. The van der Waals surface area contributed by atoms with Crippen LogP contribution in [-0.4, -0.2) is 86.6 Å². The molecule has 3 fully saturated rings. The number of fused-ring (bicyclic) bond motifs is 7. The molecule has 1 amide bonds. The van der Waals surface area contributed by atoms with Gasteiger partial charge >= 0.3 is 6.16 Å². The number of anilines is 1. The van der Waals surface area contributed by atoms with Gasteiger partial charge in [-0.05, 0) is 17.7 Å². The van der Waals surface area contributed by atoms with Gasteiger partial charge in [-0.3, -0.25) is 19.3 Å². The maximum atomic E-state index is 16.1. The zero-order chi connectivity index (χ0) is 32.2. The van der Waals surface area contributed by atoms with E-state index in [1.165, 1.54) is 16.9 Å². The molecule has 47 heavy (non-hydrogen) atoms. The van der Waals surface area contributed by atoms with E-state index < -0.39 is 59.2 Å². The Bertz CT molecular complexity index is 1800. The van der Waals surface area contributed by atoms with E-state index in [1.54, 1.807) is 11.0 Å². The number of para-hydroxylation sites is 1. The van der Waals surface area contributed by atoms with E-state index in [-0.39, 0.29) is 37.6 Å². The number of carbonyl (C=O) groups is 2. The molecule has 0 saturated carbocycles. The molecule has 12 nitrogen and oxygen atoms in total. The third-order valence-electron chi connectivity index (χ3n) is 9.50. The predicted molar refractivity (Wildman–Crippen MR) is 161 cm³/mol. The Balaban J connectivity index is 1.32. The van der Waals surface area contributed by atoms with Crippen molar-refractivity contribution in [2.75, 3.05) is 62.6 Å². The van der Waals surface area contributed by atoms with Crippen LogP contribution in [0, 0.1) is 11.6 Å². The third kappa shape index (κ3) is 4.93. The monoisotopic (exact) mass is 650 g/mol. The number of morpholine rings is 2. The third-order valence-corrected chi connectivity index (χ3v) is 9.50. The quantitative estimate of drug-likeness (QED) is 0.392. The average molecular weight is 651 g/mol. The number of nitrogens with zero attached hydrogens (tertiary/aromatic N) is 4. The zero-order valence-corrected chi connectivity index (χ0v) is 25.3. The van der Waals surface area contributed by atoms with Crippen LogP contribution in [0.5, 0.6) is 5.75 Å². The minimum Gasteiger partial charge on any atom is -0.430 e. The molecule has 0 N–H and O–H groups in total. The number of hydrogen-bond acceptors (Lipinski definition) is 10. The molecule has 0 spiro atoms. The Hall–Kier alpha value is -4.53. The first-order valence-corrected chi connectivity index (χ1v) is 15.7. The normalized spacial score (nSPS) is 23.9. The molecule has 14 heteroatoms. The van der Waals surface area contributed by atoms with Crippen molar-refractivity contribution in [1.82, 2.24) is 9.58 Å². The Labute approximate surface area is 267 Å². The van der Waals surface area contributed by atoms with Gasteiger partial charge in [-0.2, -0.15) is 0 Å². The number of rotatable bonds is 3. The van der Waals surface area contributed by atoms with Gasteiger partial charge in [-0.1, -0.05) is 24.3 Å². The highest BCUT2D eigenvalue weighted by Gasteiger charge is 2.48. The zero-order valence-electron chi connectivity index (χ0n) is 25.3. The first-order chi connectivity index (χ1) is 22.9. The minimum atomic E-state index is -1.11. The fourth-order valence-electron chi connectivity index (χ4n) is 7.38. The molecule has 0 aliphatic carbocycles. The van der Waals surface area contributed by atoms with Gasteiger partial charge in [-0.15, -0.1) is 0 Å². The lowest BCUT2D eigenvalue weighted by molar-refractivity contribution is -0.0209. The van der Waals surface area contributed by atoms with E-state index in [9.17, 15) is 14.4 Å². The van der Waals surface area contributed by atoms with Crippen molar-refractivity contribution in [1.29, 1.82) is 0 Å². The van der Waals surface area contributed by atoms with Gasteiger partial charge in [0.2, 0.25) is 11.2 Å². The van der Waals surface area contributed by atoms with Crippen LogP contribution >= 0.6 is 0 Å². The highest BCUT2D eigenvalue weighted by atomic mass is 19.2. The molecule has 3 atom stereocenters. The van der Waals surface area contributed by atoms with Crippen LogP contribution in [0.15, 0.2) is 53.5 Å². The van der Waals surface area contributed by atoms with Crippen LogP contribution in [0.25, 0.3) is 0 Å². The van der Waals surface area contributed by atoms with E-state index in [0.29, 0.717) is 44.8 Å². The van der Waals surface area contributed by atoms with Crippen molar-refractivity contribution in [2.45, 2.75) is 37.2 Å². The molecule has 3 aromatic rings. The number of pyridine rings is 1. The van der Waals surface area contributed by atoms with Crippen molar-refractivity contribution >= 4 is 17.7 Å². The van der Waals surface area contributed by atoms with Crippen molar-refractivity contribution in [3.05, 3.63) is 92.9 Å².